The second-order valence-corrected chi connectivity index (χ2v) is 12.1. The third kappa shape index (κ3) is 4.18. The van der Waals surface area contributed by atoms with Gasteiger partial charge in [0.05, 0.1) is 23.4 Å². The van der Waals surface area contributed by atoms with Crippen molar-refractivity contribution in [1.29, 1.82) is 0 Å². The van der Waals surface area contributed by atoms with Crippen molar-refractivity contribution in [2.75, 3.05) is 12.4 Å². The molecule has 10 heteroatoms. The van der Waals surface area contributed by atoms with E-state index in [4.69, 9.17) is 4.74 Å². The summed E-state index contributed by atoms with van der Waals surface area (Å²) in [6, 6.07) is 12.8. The molecule has 3 aromatic rings. The zero-order valence-electron chi connectivity index (χ0n) is 20.0. The number of ether oxygens (including phenoxy) is 1. The molecule has 2 aromatic carbocycles. The summed E-state index contributed by atoms with van der Waals surface area (Å²) in [7, 11) is 1.65. The third-order valence-corrected chi connectivity index (χ3v) is 10.8. The lowest BCUT2D eigenvalue weighted by Gasteiger charge is -2.40. The molecule has 4 unspecified atom stereocenters. The van der Waals surface area contributed by atoms with E-state index in [1.54, 1.807) is 18.9 Å². The van der Waals surface area contributed by atoms with Crippen molar-refractivity contribution in [2.24, 2.45) is 17.8 Å². The van der Waals surface area contributed by atoms with Gasteiger partial charge >= 0.3 is 11.0 Å². The molecule has 2 fully saturated rings. The number of nitrogens with one attached hydrogen (secondary N) is 1. The van der Waals surface area contributed by atoms with Crippen LogP contribution in [0.4, 0.5) is 18.9 Å². The molecule has 1 amide bonds. The number of carbonyl (C=O) groups excluding carboxylic acids is 1. The van der Waals surface area contributed by atoms with Crippen molar-refractivity contribution in [3.05, 3.63) is 74.2 Å². The molecule has 2 bridgehead atoms. The van der Waals surface area contributed by atoms with Crippen LogP contribution in [-0.4, -0.2) is 22.8 Å². The van der Waals surface area contributed by atoms with Gasteiger partial charge in [0.25, 0.3) is 0 Å². The molecule has 6 rings (SSSR count). The number of anilines is 1. The molecule has 2 saturated carbocycles. The second kappa shape index (κ2) is 9.23. The number of alkyl halides is 3. The lowest BCUT2D eigenvalue weighted by atomic mass is 9.74. The number of amides is 1. The smallest absolute Gasteiger partial charge is 0.418 e. The van der Waals surface area contributed by atoms with Crippen molar-refractivity contribution in [3.63, 3.8) is 0 Å². The minimum absolute atomic E-state index is 0.0133. The van der Waals surface area contributed by atoms with Gasteiger partial charge in [-0.1, -0.05) is 41.7 Å². The Hall–Kier alpha value is -2.72. The Morgan fingerprint density at radius 2 is 1.84 bits per heavy atom. The number of thiazole rings is 1. The molecule has 1 N–H and O–H groups in total. The zero-order chi connectivity index (χ0) is 25.9. The molecule has 2 aliphatic carbocycles. The zero-order valence-corrected chi connectivity index (χ0v) is 21.6. The van der Waals surface area contributed by atoms with Crippen molar-refractivity contribution in [2.45, 2.75) is 48.2 Å². The van der Waals surface area contributed by atoms with Crippen LogP contribution in [0.25, 0.3) is 0 Å². The monoisotopic (exact) mass is 546 g/mol. The largest absolute Gasteiger partial charge is 0.496 e. The van der Waals surface area contributed by atoms with E-state index < -0.39 is 17.6 Å². The number of rotatable bonds is 5. The van der Waals surface area contributed by atoms with Crippen molar-refractivity contribution in [1.82, 2.24) is 4.57 Å². The minimum Gasteiger partial charge on any atom is -0.496 e. The molecular formula is C27H25F3N2O3S2. The van der Waals surface area contributed by atoms with Crippen LogP contribution < -0.4 is 14.9 Å². The highest BCUT2D eigenvalue weighted by atomic mass is 32.2. The van der Waals surface area contributed by atoms with Crippen LogP contribution in [0.15, 0.2) is 58.4 Å². The average Bonchev–Trinajstić information content (AvgIpc) is 3.57. The van der Waals surface area contributed by atoms with E-state index in [1.807, 2.05) is 18.2 Å². The summed E-state index contributed by atoms with van der Waals surface area (Å²) in [4.78, 5) is 26.8. The highest BCUT2D eigenvalue weighted by Gasteiger charge is 2.55. The predicted octanol–water partition coefficient (Wildman–Crippen LogP) is 6.23. The van der Waals surface area contributed by atoms with Crippen molar-refractivity contribution < 1.29 is 22.7 Å². The van der Waals surface area contributed by atoms with Gasteiger partial charge in [0.2, 0.25) is 5.91 Å². The number of fused-ring (bicyclic) bond motifs is 6. The molecule has 3 aliphatic rings. The van der Waals surface area contributed by atoms with E-state index in [2.05, 4.69) is 11.4 Å². The molecule has 0 saturated heterocycles. The SMILES string of the molecule is COc1ccccc1[C@@H]1c2sc(=O)n(CC(=O)Nc3ccccc3C(F)(F)F)c2SC2C3CCC(C3)C21. The molecule has 0 spiro atoms. The van der Waals surface area contributed by atoms with Gasteiger partial charge < -0.3 is 10.1 Å². The van der Waals surface area contributed by atoms with E-state index in [0.29, 0.717) is 23.0 Å². The van der Waals surface area contributed by atoms with E-state index in [1.165, 1.54) is 35.6 Å². The fourth-order valence-electron chi connectivity index (χ4n) is 6.53. The molecule has 1 aromatic heterocycles. The van der Waals surface area contributed by atoms with Gasteiger partial charge in [0, 0.05) is 21.6 Å². The van der Waals surface area contributed by atoms with Crippen LogP contribution in [0.5, 0.6) is 5.75 Å². The maximum atomic E-state index is 13.4. The van der Waals surface area contributed by atoms with Gasteiger partial charge in [-0.05, 0) is 55.2 Å². The number of halogens is 3. The van der Waals surface area contributed by atoms with Crippen LogP contribution in [0, 0.1) is 17.8 Å². The Morgan fingerprint density at radius 1 is 1.11 bits per heavy atom. The molecule has 5 atom stereocenters. The molecule has 1 aliphatic heterocycles. The summed E-state index contributed by atoms with van der Waals surface area (Å²) in [6.07, 6.45) is -1.08. The second-order valence-electron chi connectivity index (χ2n) is 9.93. The van der Waals surface area contributed by atoms with Gasteiger partial charge in [-0.15, -0.1) is 11.8 Å². The topological polar surface area (TPSA) is 60.3 Å². The van der Waals surface area contributed by atoms with Crippen LogP contribution in [0.1, 0.15) is 41.2 Å². The fraction of sp³-hybridized carbons (Fsp3) is 0.407. The Labute approximate surface area is 220 Å². The molecule has 37 heavy (non-hydrogen) atoms. The molecule has 5 nitrogen and oxygen atoms in total. The summed E-state index contributed by atoms with van der Waals surface area (Å²) >= 11 is 2.82. The van der Waals surface area contributed by atoms with E-state index >= 15 is 0 Å². The van der Waals surface area contributed by atoms with Gasteiger partial charge in [-0.2, -0.15) is 13.2 Å². The summed E-state index contributed by atoms with van der Waals surface area (Å²) < 4.78 is 47.4. The van der Waals surface area contributed by atoms with E-state index in [0.717, 1.165) is 45.0 Å². The molecule has 194 valence electrons. The Morgan fingerprint density at radius 3 is 2.62 bits per heavy atom. The van der Waals surface area contributed by atoms with Gasteiger partial charge in [0.1, 0.15) is 12.3 Å². The number of carbonyl (C=O) groups is 1. The highest BCUT2D eigenvalue weighted by Crippen LogP contribution is 2.64. The summed E-state index contributed by atoms with van der Waals surface area (Å²) in [5.74, 6) is 1.62. The molecular weight excluding hydrogens is 521 g/mol. The predicted molar refractivity (Wildman–Crippen MR) is 137 cm³/mol. The van der Waals surface area contributed by atoms with E-state index in [9.17, 15) is 22.8 Å². The average molecular weight is 547 g/mol. The minimum atomic E-state index is -4.60. The van der Waals surface area contributed by atoms with Crippen molar-refractivity contribution >= 4 is 34.7 Å². The van der Waals surface area contributed by atoms with Crippen molar-refractivity contribution in [3.8, 4) is 5.75 Å². The van der Waals surface area contributed by atoms with Gasteiger partial charge in [-0.25, -0.2) is 0 Å². The third-order valence-electron chi connectivity index (χ3n) is 7.97. The number of para-hydroxylation sites is 2. The fourth-order valence-corrected chi connectivity index (χ4v) is 9.67. The number of thioether (sulfide) groups is 1. The number of benzene rings is 2. The quantitative estimate of drug-likeness (QED) is 0.412. The Bertz CT molecular complexity index is 1420. The number of nitrogens with zero attached hydrogens (tertiary/aromatic N) is 1. The maximum Gasteiger partial charge on any atom is 0.418 e. The first-order chi connectivity index (χ1) is 17.8. The van der Waals surface area contributed by atoms with Gasteiger partial charge in [0.15, 0.2) is 0 Å². The molecule has 2 heterocycles. The Kier molecular flexibility index (Phi) is 6.14. The number of aromatic nitrogens is 1. The lowest BCUT2D eigenvalue weighted by molar-refractivity contribution is -0.137. The first kappa shape index (κ1) is 24.6. The van der Waals surface area contributed by atoms with Crippen LogP contribution in [0.2, 0.25) is 0 Å². The lowest BCUT2D eigenvalue weighted by Crippen LogP contribution is -2.35. The van der Waals surface area contributed by atoms with Gasteiger partial charge in [-0.3, -0.25) is 14.2 Å². The number of methoxy groups -OCH3 is 1. The summed E-state index contributed by atoms with van der Waals surface area (Å²) in [5, 5.41) is 3.47. The highest BCUT2D eigenvalue weighted by molar-refractivity contribution is 8.00. The normalized spacial score (nSPS) is 26.0. The number of hydrogen-bond donors (Lipinski definition) is 1. The standard InChI is InChI=1S/C27H25F3N2O3S2/c1-35-19-9-5-2-6-16(19)22-21-14-10-11-15(12-14)23(21)36-25-24(22)37-26(34)32(25)13-20(33)31-18-8-4-3-7-17(18)27(28,29)30/h2-9,14-15,21-23H,10-13H2,1H3,(H,31,33)/t14?,15?,21?,22-,23?/m0/s1. The van der Waals surface area contributed by atoms with Crippen LogP contribution in [-0.2, 0) is 17.5 Å². The molecule has 0 radical (unpaired) electrons. The first-order valence-corrected chi connectivity index (χ1v) is 13.9. The first-order valence-electron chi connectivity index (χ1n) is 12.3. The maximum absolute atomic E-state index is 13.4. The summed E-state index contributed by atoms with van der Waals surface area (Å²) in [5.41, 5.74) is -0.186. The van der Waals surface area contributed by atoms with E-state index in [-0.39, 0.29) is 23.0 Å². The van der Waals surface area contributed by atoms with Crippen LogP contribution >= 0.6 is 23.1 Å². The summed E-state index contributed by atoms with van der Waals surface area (Å²) in [6.45, 7) is -0.339. The van der Waals surface area contributed by atoms with Crippen LogP contribution in [0.3, 0.4) is 0 Å². The number of hydrogen-bond acceptors (Lipinski definition) is 5. The Balaban J connectivity index is 1.37.